The van der Waals surface area contributed by atoms with Crippen LogP contribution in [0.4, 0.5) is 5.69 Å². The minimum absolute atomic E-state index is 0.223. The Hall–Kier alpha value is -3.95. The van der Waals surface area contributed by atoms with E-state index in [9.17, 15) is 9.59 Å². The zero-order valence-electron chi connectivity index (χ0n) is 23.3. The highest BCUT2D eigenvalue weighted by Crippen LogP contribution is 2.32. The summed E-state index contributed by atoms with van der Waals surface area (Å²) >= 11 is 4.83. The molecule has 0 aliphatic carbocycles. The standard InChI is InChI=1S/C32H30BrN3O4S/c1-5-39-31(38)28-20(2)34-32-36(29(28)22-11-14-25(15-12-22)35(3)4)30(37)27(41-32)18-23-17-24(33)13-16-26(23)40-19-21-9-7-6-8-10-21/h6-18,29H,5,19H2,1-4H3/t29-/m1/s1. The van der Waals surface area contributed by atoms with Crippen molar-refractivity contribution in [1.82, 2.24) is 4.57 Å². The summed E-state index contributed by atoms with van der Waals surface area (Å²) in [5.74, 6) is 0.176. The van der Waals surface area contributed by atoms with Gasteiger partial charge in [-0.1, -0.05) is 69.7 Å². The lowest BCUT2D eigenvalue weighted by Crippen LogP contribution is -2.40. The average Bonchev–Trinajstić information content (AvgIpc) is 3.26. The Bertz CT molecular complexity index is 1790. The molecule has 1 aliphatic heterocycles. The molecule has 0 fully saturated rings. The van der Waals surface area contributed by atoms with Crippen molar-refractivity contribution in [1.29, 1.82) is 0 Å². The van der Waals surface area contributed by atoms with Gasteiger partial charge in [-0.05, 0) is 61.4 Å². The van der Waals surface area contributed by atoms with E-state index in [-0.39, 0.29) is 12.2 Å². The molecule has 0 saturated carbocycles. The van der Waals surface area contributed by atoms with Crippen LogP contribution < -0.4 is 24.5 Å². The van der Waals surface area contributed by atoms with Crippen LogP contribution >= 0.6 is 27.3 Å². The number of aromatic nitrogens is 1. The number of thiazole rings is 1. The monoisotopic (exact) mass is 631 g/mol. The number of nitrogens with zero attached hydrogens (tertiary/aromatic N) is 3. The van der Waals surface area contributed by atoms with Crippen molar-refractivity contribution in [3.63, 3.8) is 0 Å². The normalized spacial score (nSPS) is 14.9. The molecule has 0 spiro atoms. The van der Waals surface area contributed by atoms with Gasteiger partial charge in [0, 0.05) is 29.8 Å². The molecule has 2 heterocycles. The number of fused-ring (bicyclic) bond motifs is 1. The van der Waals surface area contributed by atoms with Gasteiger partial charge in [0.2, 0.25) is 0 Å². The zero-order valence-corrected chi connectivity index (χ0v) is 25.7. The molecule has 0 unspecified atom stereocenters. The average molecular weight is 633 g/mol. The molecule has 9 heteroatoms. The third-order valence-corrected chi connectivity index (χ3v) is 8.21. The largest absolute Gasteiger partial charge is 0.488 e. The summed E-state index contributed by atoms with van der Waals surface area (Å²) < 4.78 is 14.5. The topological polar surface area (TPSA) is 73.1 Å². The lowest BCUT2D eigenvalue weighted by Gasteiger charge is -2.25. The summed E-state index contributed by atoms with van der Waals surface area (Å²) in [6, 6.07) is 22.8. The van der Waals surface area contributed by atoms with Gasteiger partial charge in [-0.15, -0.1) is 0 Å². The first-order valence-electron chi connectivity index (χ1n) is 13.2. The van der Waals surface area contributed by atoms with Gasteiger partial charge in [0.1, 0.15) is 12.4 Å². The van der Waals surface area contributed by atoms with Crippen LogP contribution in [0.15, 0.2) is 98.3 Å². The molecule has 210 valence electrons. The first kappa shape index (κ1) is 28.6. The minimum Gasteiger partial charge on any atom is -0.488 e. The molecule has 5 rings (SSSR count). The van der Waals surface area contributed by atoms with Crippen LogP contribution in [0.25, 0.3) is 6.08 Å². The number of benzene rings is 3. The number of hydrogen-bond acceptors (Lipinski definition) is 7. The summed E-state index contributed by atoms with van der Waals surface area (Å²) in [6.07, 6.45) is 1.82. The second-order valence-electron chi connectivity index (χ2n) is 9.74. The third kappa shape index (κ3) is 6.06. The van der Waals surface area contributed by atoms with E-state index in [0.29, 0.717) is 33.0 Å². The molecular weight excluding hydrogens is 602 g/mol. The maximum Gasteiger partial charge on any atom is 0.338 e. The van der Waals surface area contributed by atoms with Crippen molar-refractivity contribution in [2.75, 3.05) is 25.6 Å². The van der Waals surface area contributed by atoms with E-state index in [4.69, 9.17) is 9.47 Å². The lowest BCUT2D eigenvalue weighted by atomic mass is 9.95. The van der Waals surface area contributed by atoms with Gasteiger partial charge in [0.25, 0.3) is 5.56 Å². The Kier molecular flexibility index (Phi) is 8.56. The quantitative estimate of drug-likeness (QED) is 0.250. The number of carbonyl (C=O) groups is 1. The number of anilines is 1. The van der Waals surface area contributed by atoms with Crippen molar-refractivity contribution in [3.05, 3.63) is 125 Å². The summed E-state index contributed by atoms with van der Waals surface area (Å²) in [5.41, 5.74) is 4.27. The van der Waals surface area contributed by atoms with Crippen molar-refractivity contribution in [2.45, 2.75) is 26.5 Å². The zero-order chi connectivity index (χ0) is 29.1. The predicted molar refractivity (Wildman–Crippen MR) is 166 cm³/mol. The Balaban J connectivity index is 1.63. The van der Waals surface area contributed by atoms with Gasteiger partial charge in [-0.2, -0.15) is 0 Å². The maximum atomic E-state index is 14.0. The number of hydrogen-bond donors (Lipinski definition) is 0. The smallest absolute Gasteiger partial charge is 0.338 e. The molecule has 0 saturated heterocycles. The molecule has 1 atom stereocenters. The van der Waals surface area contributed by atoms with E-state index in [0.717, 1.165) is 26.9 Å². The summed E-state index contributed by atoms with van der Waals surface area (Å²) in [7, 11) is 3.93. The summed E-state index contributed by atoms with van der Waals surface area (Å²) in [4.78, 5) is 34.4. The van der Waals surface area contributed by atoms with Crippen molar-refractivity contribution < 1.29 is 14.3 Å². The predicted octanol–water partition coefficient (Wildman–Crippen LogP) is 5.21. The Labute approximate surface area is 250 Å². The van der Waals surface area contributed by atoms with Crippen LogP contribution in [0.1, 0.15) is 36.6 Å². The fourth-order valence-electron chi connectivity index (χ4n) is 4.70. The molecule has 1 aromatic heterocycles. The minimum atomic E-state index is -0.667. The number of halogens is 1. The van der Waals surface area contributed by atoms with Crippen LogP contribution in [0.3, 0.4) is 0 Å². The van der Waals surface area contributed by atoms with Crippen LogP contribution in [0.2, 0.25) is 0 Å². The molecular formula is C32H30BrN3O4S. The second kappa shape index (κ2) is 12.3. The Morgan fingerprint density at radius 1 is 1.10 bits per heavy atom. The summed E-state index contributed by atoms with van der Waals surface area (Å²) in [6.45, 7) is 4.17. The molecule has 7 nitrogen and oxygen atoms in total. The van der Waals surface area contributed by atoms with Crippen LogP contribution in [0.5, 0.6) is 5.75 Å². The van der Waals surface area contributed by atoms with Crippen LogP contribution in [-0.2, 0) is 16.1 Å². The maximum absolute atomic E-state index is 14.0. The fraction of sp³-hybridized carbons (Fsp3) is 0.219. The van der Waals surface area contributed by atoms with Gasteiger partial charge in [-0.25, -0.2) is 9.79 Å². The van der Waals surface area contributed by atoms with E-state index < -0.39 is 12.0 Å². The molecule has 0 radical (unpaired) electrons. The third-order valence-electron chi connectivity index (χ3n) is 6.74. The molecule has 0 amide bonds. The molecule has 1 aliphatic rings. The number of rotatable bonds is 8. The van der Waals surface area contributed by atoms with Gasteiger partial charge in [-0.3, -0.25) is 9.36 Å². The van der Waals surface area contributed by atoms with Gasteiger partial charge < -0.3 is 14.4 Å². The van der Waals surface area contributed by atoms with E-state index in [1.807, 2.05) is 97.9 Å². The van der Waals surface area contributed by atoms with E-state index in [2.05, 4.69) is 20.9 Å². The number of allylic oxidation sites excluding steroid dienone is 1. The van der Waals surface area contributed by atoms with E-state index >= 15 is 0 Å². The SMILES string of the molecule is CCOC(=O)C1=C(C)N=c2sc(=Cc3cc(Br)ccc3OCc3ccccc3)c(=O)n2[C@@H]1c1ccc(N(C)C)cc1. The molecule has 0 bridgehead atoms. The van der Waals surface area contributed by atoms with Gasteiger partial charge in [0.15, 0.2) is 4.80 Å². The number of esters is 1. The van der Waals surface area contributed by atoms with E-state index in [1.54, 1.807) is 18.4 Å². The first-order chi connectivity index (χ1) is 19.8. The highest BCUT2D eigenvalue weighted by atomic mass is 79.9. The van der Waals surface area contributed by atoms with Crippen LogP contribution in [0, 0.1) is 0 Å². The Morgan fingerprint density at radius 2 is 1.83 bits per heavy atom. The van der Waals surface area contributed by atoms with Crippen LogP contribution in [-0.4, -0.2) is 31.2 Å². The van der Waals surface area contributed by atoms with Crippen molar-refractivity contribution >= 4 is 45.0 Å². The van der Waals surface area contributed by atoms with Crippen molar-refractivity contribution in [3.8, 4) is 5.75 Å². The second-order valence-corrected chi connectivity index (χ2v) is 11.7. The molecule has 3 aromatic carbocycles. The highest BCUT2D eigenvalue weighted by molar-refractivity contribution is 9.10. The lowest BCUT2D eigenvalue weighted by molar-refractivity contribution is -0.139. The molecule has 41 heavy (non-hydrogen) atoms. The molecule has 4 aromatic rings. The fourth-order valence-corrected chi connectivity index (χ4v) is 6.12. The number of ether oxygens (including phenoxy) is 2. The van der Waals surface area contributed by atoms with Crippen molar-refractivity contribution in [2.24, 2.45) is 4.99 Å². The first-order valence-corrected chi connectivity index (χ1v) is 14.8. The highest BCUT2D eigenvalue weighted by Gasteiger charge is 2.33. The van der Waals surface area contributed by atoms with Gasteiger partial charge >= 0.3 is 5.97 Å². The summed E-state index contributed by atoms with van der Waals surface area (Å²) in [5, 5.41) is 0. The van der Waals surface area contributed by atoms with Gasteiger partial charge in [0.05, 0.1) is 28.5 Å². The molecule has 0 N–H and O–H groups in total. The Morgan fingerprint density at radius 3 is 2.51 bits per heavy atom. The van der Waals surface area contributed by atoms with E-state index in [1.165, 1.54) is 11.3 Å². The number of carbonyl (C=O) groups excluding carboxylic acids is 1.